The van der Waals surface area contributed by atoms with Gasteiger partial charge in [0.15, 0.2) is 0 Å². The summed E-state index contributed by atoms with van der Waals surface area (Å²) in [5.41, 5.74) is -1.86. The third kappa shape index (κ3) is 11.1. The number of carboxylic acid groups (broad SMARTS) is 2. The van der Waals surface area contributed by atoms with Crippen molar-refractivity contribution in [3.05, 3.63) is 0 Å². The first-order chi connectivity index (χ1) is 12.1. The van der Waals surface area contributed by atoms with Crippen LogP contribution in [0.1, 0.15) is 73.6 Å². The van der Waals surface area contributed by atoms with Crippen molar-refractivity contribution in [3.63, 3.8) is 0 Å². The van der Waals surface area contributed by atoms with Crippen molar-refractivity contribution in [2.75, 3.05) is 0 Å². The van der Waals surface area contributed by atoms with Gasteiger partial charge in [-0.25, -0.2) is 14.4 Å². The van der Waals surface area contributed by atoms with E-state index in [0.717, 1.165) is 0 Å². The standard InChI is InChI=1S/C18H31NO8/c1-17(2,3)26-15(24)19(16(25)27-18(4,5)6)12(14(22)23)10-8-7-9-11-13(20)21/h12H,7-11H2,1-6H3,(H,20,21)(H,22,23)/t12-/m0/s1. The van der Waals surface area contributed by atoms with E-state index in [1.54, 1.807) is 41.5 Å². The Balaban J connectivity index is 5.35. The SMILES string of the molecule is CC(C)(C)OC(=O)N(C(=O)OC(C)(C)C)[C@@H](CCCCCC(=O)O)C(=O)O. The first-order valence-corrected chi connectivity index (χ1v) is 8.84. The molecule has 2 amide bonds. The summed E-state index contributed by atoms with van der Waals surface area (Å²) in [7, 11) is 0. The molecule has 0 spiro atoms. The minimum atomic E-state index is -1.47. The maximum Gasteiger partial charge on any atom is 0.420 e. The molecule has 0 aliphatic heterocycles. The lowest BCUT2D eigenvalue weighted by Gasteiger charge is -2.31. The number of amides is 2. The van der Waals surface area contributed by atoms with Crippen molar-refractivity contribution in [1.29, 1.82) is 0 Å². The van der Waals surface area contributed by atoms with E-state index in [4.69, 9.17) is 14.6 Å². The molecule has 0 aromatic rings. The van der Waals surface area contributed by atoms with E-state index in [-0.39, 0.29) is 12.8 Å². The van der Waals surface area contributed by atoms with Gasteiger partial charge in [-0.2, -0.15) is 4.90 Å². The van der Waals surface area contributed by atoms with Gasteiger partial charge in [0.05, 0.1) is 0 Å². The van der Waals surface area contributed by atoms with E-state index < -0.39 is 41.4 Å². The molecular formula is C18H31NO8. The second-order valence-corrected chi connectivity index (χ2v) is 8.18. The van der Waals surface area contributed by atoms with E-state index in [2.05, 4.69) is 0 Å². The van der Waals surface area contributed by atoms with E-state index in [0.29, 0.717) is 24.2 Å². The molecule has 2 N–H and O–H groups in total. The highest BCUT2D eigenvalue weighted by atomic mass is 16.6. The largest absolute Gasteiger partial charge is 0.481 e. The van der Waals surface area contributed by atoms with Crippen molar-refractivity contribution in [3.8, 4) is 0 Å². The molecule has 0 rings (SSSR count). The second kappa shape index (κ2) is 10.1. The number of imide groups is 1. The van der Waals surface area contributed by atoms with Gasteiger partial charge in [-0.05, 0) is 54.4 Å². The number of nitrogens with zero attached hydrogens (tertiary/aromatic N) is 1. The molecule has 0 heterocycles. The van der Waals surface area contributed by atoms with E-state index >= 15 is 0 Å². The highest BCUT2D eigenvalue weighted by Crippen LogP contribution is 2.20. The fraction of sp³-hybridized carbons (Fsp3) is 0.778. The second-order valence-electron chi connectivity index (χ2n) is 8.18. The van der Waals surface area contributed by atoms with Gasteiger partial charge in [-0.1, -0.05) is 12.8 Å². The van der Waals surface area contributed by atoms with Crippen LogP contribution in [-0.4, -0.2) is 56.5 Å². The van der Waals surface area contributed by atoms with Crippen LogP contribution in [0, 0.1) is 0 Å². The van der Waals surface area contributed by atoms with E-state index in [9.17, 15) is 24.3 Å². The number of aliphatic carboxylic acids is 2. The average Bonchev–Trinajstić information content (AvgIpc) is 2.40. The smallest absolute Gasteiger partial charge is 0.420 e. The quantitative estimate of drug-likeness (QED) is 0.602. The predicted octanol–water partition coefficient (Wildman–Crippen LogP) is 3.65. The summed E-state index contributed by atoms with van der Waals surface area (Å²) >= 11 is 0. The average molecular weight is 389 g/mol. The lowest BCUT2D eigenvalue weighted by molar-refractivity contribution is -0.143. The number of hydrogen-bond donors (Lipinski definition) is 2. The zero-order valence-corrected chi connectivity index (χ0v) is 16.9. The Morgan fingerprint density at radius 1 is 0.815 bits per heavy atom. The Bertz CT molecular complexity index is 517. The monoisotopic (exact) mass is 389 g/mol. The Labute approximate surface area is 159 Å². The molecule has 0 aromatic heterocycles. The van der Waals surface area contributed by atoms with Crippen LogP contribution < -0.4 is 0 Å². The lowest BCUT2D eigenvalue weighted by Crippen LogP contribution is -2.52. The van der Waals surface area contributed by atoms with Gasteiger partial charge in [-0.3, -0.25) is 4.79 Å². The minimum absolute atomic E-state index is 0.0282. The first-order valence-electron chi connectivity index (χ1n) is 8.84. The van der Waals surface area contributed by atoms with Gasteiger partial charge in [0, 0.05) is 6.42 Å². The molecule has 0 fully saturated rings. The number of hydrogen-bond acceptors (Lipinski definition) is 6. The van der Waals surface area contributed by atoms with Crippen LogP contribution in [0.15, 0.2) is 0 Å². The van der Waals surface area contributed by atoms with E-state index in [1.165, 1.54) is 0 Å². The Kier molecular flexibility index (Phi) is 9.26. The Hall–Kier alpha value is -2.32. The van der Waals surface area contributed by atoms with Gasteiger partial charge in [0.1, 0.15) is 17.2 Å². The third-order valence-electron chi connectivity index (χ3n) is 3.15. The minimum Gasteiger partial charge on any atom is -0.481 e. The summed E-state index contributed by atoms with van der Waals surface area (Å²) in [6.07, 6.45) is -1.11. The van der Waals surface area contributed by atoms with Gasteiger partial charge >= 0.3 is 24.1 Å². The van der Waals surface area contributed by atoms with Crippen molar-refractivity contribution in [2.24, 2.45) is 0 Å². The van der Waals surface area contributed by atoms with Gasteiger partial charge < -0.3 is 19.7 Å². The summed E-state index contributed by atoms with van der Waals surface area (Å²) in [4.78, 5) is 47.7. The van der Waals surface area contributed by atoms with Gasteiger partial charge in [-0.15, -0.1) is 0 Å². The molecule has 156 valence electrons. The zero-order chi connectivity index (χ0) is 21.4. The predicted molar refractivity (Wildman–Crippen MR) is 96.5 cm³/mol. The van der Waals surface area contributed by atoms with Gasteiger partial charge in [0.25, 0.3) is 0 Å². The number of unbranched alkanes of at least 4 members (excludes halogenated alkanes) is 2. The fourth-order valence-electron chi connectivity index (χ4n) is 2.10. The van der Waals surface area contributed by atoms with Crippen LogP contribution in [-0.2, 0) is 19.1 Å². The van der Waals surface area contributed by atoms with Crippen LogP contribution in [0.2, 0.25) is 0 Å². The Morgan fingerprint density at radius 2 is 1.26 bits per heavy atom. The van der Waals surface area contributed by atoms with Crippen molar-refractivity contribution in [2.45, 2.75) is 90.9 Å². The lowest BCUT2D eigenvalue weighted by atomic mass is 10.1. The van der Waals surface area contributed by atoms with Crippen molar-refractivity contribution < 1.29 is 38.9 Å². The highest BCUT2D eigenvalue weighted by Gasteiger charge is 2.39. The molecule has 0 unspecified atom stereocenters. The van der Waals surface area contributed by atoms with Crippen molar-refractivity contribution >= 4 is 24.1 Å². The maximum atomic E-state index is 12.5. The molecule has 0 aliphatic rings. The van der Waals surface area contributed by atoms with Crippen LogP contribution in [0.5, 0.6) is 0 Å². The van der Waals surface area contributed by atoms with Crippen molar-refractivity contribution in [1.82, 2.24) is 4.90 Å². The molecule has 0 saturated heterocycles. The molecule has 0 radical (unpaired) electrons. The molecule has 9 heteroatoms. The fourth-order valence-corrected chi connectivity index (χ4v) is 2.10. The molecule has 0 saturated carbocycles. The molecule has 9 nitrogen and oxygen atoms in total. The molecule has 27 heavy (non-hydrogen) atoms. The van der Waals surface area contributed by atoms with Crippen LogP contribution in [0.3, 0.4) is 0 Å². The summed E-state index contributed by atoms with van der Waals surface area (Å²) in [5.74, 6) is -2.31. The molecule has 0 bridgehead atoms. The van der Waals surface area contributed by atoms with Crippen LogP contribution >= 0.6 is 0 Å². The van der Waals surface area contributed by atoms with Crippen LogP contribution in [0.25, 0.3) is 0 Å². The first kappa shape index (κ1) is 24.7. The third-order valence-corrected chi connectivity index (χ3v) is 3.15. The molecule has 0 aliphatic carbocycles. The topological polar surface area (TPSA) is 130 Å². The zero-order valence-electron chi connectivity index (χ0n) is 16.9. The normalized spacial score (nSPS) is 12.8. The summed E-state index contributed by atoms with van der Waals surface area (Å²) < 4.78 is 10.3. The number of ether oxygens (including phenoxy) is 2. The Morgan fingerprint density at radius 3 is 1.59 bits per heavy atom. The summed E-state index contributed by atoms with van der Waals surface area (Å²) in [6, 6.07) is -1.47. The summed E-state index contributed by atoms with van der Waals surface area (Å²) in [6.45, 7) is 9.58. The molecular weight excluding hydrogens is 358 g/mol. The number of rotatable bonds is 8. The number of carbonyl (C=O) groups excluding carboxylic acids is 2. The van der Waals surface area contributed by atoms with E-state index in [1.807, 2.05) is 0 Å². The molecule has 0 aromatic carbocycles. The van der Waals surface area contributed by atoms with Gasteiger partial charge in [0.2, 0.25) is 0 Å². The van der Waals surface area contributed by atoms with Crippen LogP contribution in [0.4, 0.5) is 9.59 Å². The maximum absolute atomic E-state index is 12.5. The number of carboxylic acids is 2. The summed E-state index contributed by atoms with van der Waals surface area (Å²) in [5, 5.41) is 18.2. The molecule has 1 atom stereocenters. The number of carbonyl (C=O) groups is 4. The highest BCUT2D eigenvalue weighted by molar-refractivity contribution is 5.93.